The summed E-state index contributed by atoms with van der Waals surface area (Å²) < 4.78 is 19.8. The van der Waals surface area contributed by atoms with Crippen LogP contribution in [-0.4, -0.2) is 10.2 Å². The summed E-state index contributed by atoms with van der Waals surface area (Å²) in [6.45, 7) is 0. The second-order valence-corrected chi connectivity index (χ2v) is 6.16. The van der Waals surface area contributed by atoms with Crippen LogP contribution in [0.25, 0.3) is 12.2 Å². The Morgan fingerprint density at radius 1 is 1.13 bits per heavy atom. The summed E-state index contributed by atoms with van der Waals surface area (Å²) in [7, 11) is 0. The van der Waals surface area contributed by atoms with Gasteiger partial charge in [0.2, 0.25) is 11.8 Å². The van der Waals surface area contributed by atoms with E-state index >= 15 is 0 Å². The fourth-order valence-electron chi connectivity index (χ4n) is 2.03. The van der Waals surface area contributed by atoms with E-state index in [4.69, 9.17) is 16.0 Å². The van der Waals surface area contributed by atoms with Gasteiger partial charge in [0.05, 0.1) is 6.42 Å². The molecule has 3 rings (SSSR count). The van der Waals surface area contributed by atoms with Gasteiger partial charge in [-0.2, -0.15) is 0 Å². The fraction of sp³-hybridized carbons (Fsp3) is 0.0588. The molecule has 0 saturated carbocycles. The van der Waals surface area contributed by atoms with Crippen molar-refractivity contribution in [2.45, 2.75) is 6.42 Å². The van der Waals surface area contributed by atoms with E-state index in [-0.39, 0.29) is 5.82 Å². The van der Waals surface area contributed by atoms with Gasteiger partial charge in [0.15, 0.2) is 0 Å². The van der Waals surface area contributed by atoms with Crippen LogP contribution in [0.3, 0.4) is 0 Å². The Labute approximate surface area is 145 Å². The largest absolute Gasteiger partial charge is 0.421 e. The number of benzene rings is 2. The highest BCUT2D eigenvalue weighted by molar-refractivity contribution is 9.10. The Morgan fingerprint density at radius 2 is 2.00 bits per heavy atom. The Balaban J connectivity index is 1.74. The number of hydrogen-bond donors (Lipinski definition) is 0. The lowest BCUT2D eigenvalue weighted by atomic mass is 10.1. The van der Waals surface area contributed by atoms with Crippen LogP contribution in [-0.2, 0) is 6.42 Å². The summed E-state index contributed by atoms with van der Waals surface area (Å²) in [5.41, 5.74) is 1.62. The molecule has 0 radical (unpaired) electrons. The first-order valence-electron chi connectivity index (χ1n) is 6.80. The van der Waals surface area contributed by atoms with Gasteiger partial charge in [-0.1, -0.05) is 39.7 Å². The van der Waals surface area contributed by atoms with Crippen molar-refractivity contribution in [3.8, 4) is 0 Å². The number of aromatic nitrogens is 2. The molecule has 1 heterocycles. The summed E-state index contributed by atoms with van der Waals surface area (Å²) in [5.74, 6) is 0.498. The molecule has 0 aliphatic rings. The minimum Gasteiger partial charge on any atom is -0.421 e. The first-order chi connectivity index (χ1) is 11.1. The summed E-state index contributed by atoms with van der Waals surface area (Å²) >= 11 is 9.42. The quantitative estimate of drug-likeness (QED) is 0.597. The van der Waals surface area contributed by atoms with E-state index in [1.54, 1.807) is 12.2 Å². The van der Waals surface area contributed by atoms with Crippen molar-refractivity contribution in [3.05, 3.63) is 80.7 Å². The molecule has 0 N–H and O–H groups in total. The Morgan fingerprint density at radius 3 is 2.83 bits per heavy atom. The van der Waals surface area contributed by atoms with Crippen molar-refractivity contribution in [2.75, 3.05) is 0 Å². The average molecular weight is 394 g/mol. The molecule has 23 heavy (non-hydrogen) atoms. The average Bonchev–Trinajstić information content (AvgIpc) is 2.96. The van der Waals surface area contributed by atoms with Crippen molar-refractivity contribution in [1.82, 2.24) is 10.2 Å². The normalized spacial score (nSPS) is 11.3. The van der Waals surface area contributed by atoms with E-state index in [9.17, 15) is 4.39 Å². The van der Waals surface area contributed by atoms with Gasteiger partial charge in [0.1, 0.15) is 5.82 Å². The van der Waals surface area contributed by atoms with Crippen molar-refractivity contribution in [2.24, 2.45) is 0 Å². The van der Waals surface area contributed by atoms with Crippen molar-refractivity contribution in [1.29, 1.82) is 0 Å². The highest BCUT2D eigenvalue weighted by atomic mass is 79.9. The number of nitrogens with zero attached hydrogens (tertiary/aromatic N) is 2. The zero-order chi connectivity index (χ0) is 16.2. The van der Waals surface area contributed by atoms with Crippen LogP contribution in [0.1, 0.15) is 22.9 Å². The van der Waals surface area contributed by atoms with Crippen LogP contribution >= 0.6 is 27.5 Å². The van der Waals surface area contributed by atoms with Gasteiger partial charge >= 0.3 is 0 Å². The highest BCUT2D eigenvalue weighted by Crippen LogP contribution is 2.20. The zero-order valence-electron chi connectivity index (χ0n) is 11.8. The van der Waals surface area contributed by atoms with E-state index in [0.29, 0.717) is 28.8 Å². The molecule has 0 atom stereocenters. The van der Waals surface area contributed by atoms with Gasteiger partial charge in [-0.3, -0.25) is 0 Å². The lowest BCUT2D eigenvalue weighted by molar-refractivity contribution is 0.496. The SMILES string of the molecule is Fc1ccc(Cl)c(/C=C/c2nnc(Cc3cccc(Br)c3)o2)c1. The standard InChI is InChI=1S/C17H11BrClFN2O/c18-13-3-1-2-11(8-13)9-17-22-21-16(23-17)7-4-12-10-14(20)5-6-15(12)19/h1-8,10H,9H2/b7-4+. The van der Waals surface area contributed by atoms with Gasteiger partial charge in [0, 0.05) is 15.6 Å². The minimum atomic E-state index is -0.352. The van der Waals surface area contributed by atoms with Crippen LogP contribution in [0, 0.1) is 5.82 Å². The lowest BCUT2D eigenvalue weighted by Crippen LogP contribution is -1.87. The molecule has 6 heteroatoms. The fourth-order valence-corrected chi connectivity index (χ4v) is 2.66. The number of halogens is 3. The maximum atomic E-state index is 13.2. The van der Waals surface area contributed by atoms with Crippen LogP contribution in [0.5, 0.6) is 0 Å². The summed E-state index contributed by atoms with van der Waals surface area (Å²) in [6.07, 6.45) is 3.79. The van der Waals surface area contributed by atoms with Crippen LogP contribution < -0.4 is 0 Å². The van der Waals surface area contributed by atoms with E-state index in [0.717, 1.165) is 10.0 Å². The molecule has 0 bridgehead atoms. The van der Waals surface area contributed by atoms with E-state index in [2.05, 4.69) is 26.1 Å². The molecule has 3 nitrogen and oxygen atoms in total. The summed E-state index contributed by atoms with van der Waals surface area (Å²) in [6, 6.07) is 12.0. The summed E-state index contributed by atoms with van der Waals surface area (Å²) in [4.78, 5) is 0. The molecule has 116 valence electrons. The first-order valence-corrected chi connectivity index (χ1v) is 7.97. The monoisotopic (exact) mass is 392 g/mol. The van der Waals surface area contributed by atoms with Crippen LogP contribution in [0.2, 0.25) is 5.02 Å². The number of hydrogen-bond acceptors (Lipinski definition) is 3. The molecule has 0 fully saturated rings. The first kappa shape index (κ1) is 15.9. The maximum Gasteiger partial charge on any atom is 0.240 e. The molecule has 0 aliphatic carbocycles. The predicted molar refractivity (Wildman–Crippen MR) is 91.6 cm³/mol. The molecular formula is C17H11BrClFN2O. The molecule has 1 aromatic heterocycles. The molecule has 0 saturated heterocycles. The van der Waals surface area contributed by atoms with E-state index in [1.165, 1.54) is 18.2 Å². The van der Waals surface area contributed by atoms with Crippen molar-refractivity contribution < 1.29 is 8.81 Å². The van der Waals surface area contributed by atoms with Crippen molar-refractivity contribution in [3.63, 3.8) is 0 Å². The molecule has 0 unspecified atom stereocenters. The second-order valence-electron chi connectivity index (χ2n) is 4.84. The van der Waals surface area contributed by atoms with Gasteiger partial charge in [-0.25, -0.2) is 4.39 Å². The molecular weight excluding hydrogens is 383 g/mol. The van der Waals surface area contributed by atoms with Gasteiger partial charge in [0.25, 0.3) is 0 Å². The highest BCUT2D eigenvalue weighted by Gasteiger charge is 2.06. The van der Waals surface area contributed by atoms with Gasteiger partial charge in [-0.15, -0.1) is 10.2 Å². The smallest absolute Gasteiger partial charge is 0.240 e. The molecule has 0 amide bonds. The van der Waals surface area contributed by atoms with Crippen molar-refractivity contribution >= 4 is 39.7 Å². The van der Waals surface area contributed by atoms with E-state index in [1.807, 2.05) is 24.3 Å². The topological polar surface area (TPSA) is 38.9 Å². The van der Waals surface area contributed by atoms with E-state index < -0.39 is 0 Å². The van der Waals surface area contributed by atoms with Gasteiger partial charge in [-0.05, 0) is 47.5 Å². The molecule has 0 spiro atoms. The minimum absolute atomic E-state index is 0.343. The Bertz CT molecular complexity index is 863. The molecule has 2 aromatic carbocycles. The predicted octanol–water partition coefficient (Wildman–Crippen LogP) is 5.39. The van der Waals surface area contributed by atoms with Crippen LogP contribution in [0.4, 0.5) is 4.39 Å². The lowest BCUT2D eigenvalue weighted by Gasteiger charge is -1.97. The molecule has 3 aromatic rings. The Hall–Kier alpha value is -1.98. The third-order valence-electron chi connectivity index (χ3n) is 3.09. The van der Waals surface area contributed by atoms with Gasteiger partial charge < -0.3 is 4.42 Å². The molecule has 0 aliphatic heterocycles. The third kappa shape index (κ3) is 4.27. The second kappa shape index (κ2) is 7.06. The Kier molecular flexibility index (Phi) is 4.88. The van der Waals surface area contributed by atoms with Crippen LogP contribution in [0.15, 0.2) is 51.4 Å². The maximum absolute atomic E-state index is 13.2. The number of rotatable bonds is 4. The third-order valence-corrected chi connectivity index (χ3v) is 3.93. The summed E-state index contributed by atoms with van der Waals surface area (Å²) in [5, 5.41) is 8.41. The zero-order valence-corrected chi connectivity index (χ0v) is 14.2.